The van der Waals surface area contributed by atoms with Crippen LogP contribution in [0.2, 0.25) is 0 Å². The summed E-state index contributed by atoms with van der Waals surface area (Å²) in [6.45, 7) is 8.00. The minimum absolute atomic E-state index is 0.750. The Bertz CT molecular complexity index is 851. The fourth-order valence-corrected chi connectivity index (χ4v) is 3.16. The lowest BCUT2D eigenvalue weighted by Crippen LogP contribution is -2.02. The largest absolute Gasteiger partial charge is 0.492 e. The Morgan fingerprint density at radius 2 is 1.20 bits per heavy atom. The van der Waals surface area contributed by atoms with Gasteiger partial charge in [-0.1, -0.05) is 68.7 Å². The van der Waals surface area contributed by atoms with Crippen LogP contribution in [0, 0.1) is 6.92 Å². The van der Waals surface area contributed by atoms with Crippen molar-refractivity contribution in [2.75, 3.05) is 13.2 Å². The van der Waals surface area contributed by atoms with Crippen molar-refractivity contribution in [3.63, 3.8) is 0 Å². The van der Waals surface area contributed by atoms with E-state index in [2.05, 4.69) is 63.2 Å². The normalized spacial score (nSPS) is 11.2. The maximum Gasteiger partial charge on any atom is 0.135 e. The molecule has 0 bridgehead atoms. The second-order valence-corrected chi connectivity index (χ2v) is 6.66. The van der Waals surface area contributed by atoms with Crippen molar-refractivity contribution in [2.45, 2.75) is 46.5 Å². The van der Waals surface area contributed by atoms with Crippen molar-refractivity contribution in [2.24, 2.45) is 0 Å². The van der Waals surface area contributed by atoms with E-state index in [1.165, 1.54) is 5.56 Å². The lowest BCUT2D eigenvalue weighted by atomic mass is 9.99. The second kappa shape index (κ2) is 8.24. The van der Waals surface area contributed by atoms with E-state index in [1.54, 1.807) is 0 Å². The standard InChI is InChI=1S/C23H28O2/c1-4-6-14-24-22-18-10-8-9-11-19(18)23(25-15-7-5-2)21-16-17(3)12-13-20(21)22/h8-13,16H,4-7,14-15H2,1-3H3. The predicted octanol–water partition coefficient (Wildman–Crippen LogP) is 6.66. The van der Waals surface area contributed by atoms with Gasteiger partial charge in [-0.3, -0.25) is 0 Å². The minimum atomic E-state index is 0.750. The molecule has 132 valence electrons. The first-order valence-electron chi connectivity index (χ1n) is 9.47. The van der Waals surface area contributed by atoms with E-state index in [1.807, 2.05) is 0 Å². The summed E-state index contributed by atoms with van der Waals surface area (Å²) in [5, 5.41) is 4.58. The molecule has 0 saturated carbocycles. The van der Waals surface area contributed by atoms with Gasteiger partial charge in [0.05, 0.1) is 13.2 Å². The number of rotatable bonds is 8. The fourth-order valence-electron chi connectivity index (χ4n) is 3.16. The molecule has 2 nitrogen and oxygen atoms in total. The Hall–Kier alpha value is -2.22. The molecular formula is C23H28O2. The molecule has 3 aromatic carbocycles. The van der Waals surface area contributed by atoms with E-state index in [0.717, 1.165) is 71.9 Å². The molecule has 0 aliphatic rings. The Morgan fingerprint density at radius 1 is 0.680 bits per heavy atom. The molecule has 3 aromatic rings. The summed E-state index contributed by atoms with van der Waals surface area (Å²) in [4.78, 5) is 0. The van der Waals surface area contributed by atoms with Crippen LogP contribution < -0.4 is 9.47 Å². The van der Waals surface area contributed by atoms with Gasteiger partial charge in [0, 0.05) is 21.5 Å². The summed E-state index contributed by atoms with van der Waals surface area (Å²) in [5.41, 5.74) is 1.24. The third-order valence-corrected chi connectivity index (χ3v) is 4.57. The molecule has 0 radical (unpaired) electrons. The SMILES string of the molecule is CCCCOc1c2ccccc2c(OCCCC)c2cc(C)ccc12. The van der Waals surface area contributed by atoms with Crippen LogP contribution in [0.3, 0.4) is 0 Å². The van der Waals surface area contributed by atoms with Crippen LogP contribution >= 0.6 is 0 Å². The summed E-state index contributed by atoms with van der Waals surface area (Å²) >= 11 is 0. The summed E-state index contributed by atoms with van der Waals surface area (Å²) in [7, 11) is 0. The maximum absolute atomic E-state index is 6.25. The lowest BCUT2D eigenvalue weighted by molar-refractivity contribution is 0.311. The van der Waals surface area contributed by atoms with Crippen LogP contribution in [0.4, 0.5) is 0 Å². The van der Waals surface area contributed by atoms with Crippen LogP contribution in [-0.4, -0.2) is 13.2 Å². The number of benzene rings is 3. The first-order chi connectivity index (χ1) is 12.3. The van der Waals surface area contributed by atoms with Crippen LogP contribution in [0.1, 0.15) is 45.1 Å². The van der Waals surface area contributed by atoms with Crippen molar-refractivity contribution in [1.82, 2.24) is 0 Å². The molecule has 2 heteroatoms. The molecule has 0 amide bonds. The molecule has 25 heavy (non-hydrogen) atoms. The van der Waals surface area contributed by atoms with E-state index in [4.69, 9.17) is 9.47 Å². The van der Waals surface area contributed by atoms with Gasteiger partial charge in [-0.25, -0.2) is 0 Å². The van der Waals surface area contributed by atoms with Crippen molar-refractivity contribution < 1.29 is 9.47 Å². The molecule has 0 N–H and O–H groups in total. The number of ether oxygens (including phenoxy) is 2. The lowest BCUT2D eigenvalue weighted by Gasteiger charge is -2.18. The van der Waals surface area contributed by atoms with E-state index in [0.29, 0.717) is 0 Å². The zero-order valence-electron chi connectivity index (χ0n) is 15.6. The van der Waals surface area contributed by atoms with Crippen LogP contribution in [0.25, 0.3) is 21.5 Å². The summed E-state index contributed by atoms with van der Waals surface area (Å²) in [6, 6.07) is 15.0. The van der Waals surface area contributed by atoms with Gasteiger partial charge in [-0.05, 0) is 25.8 Å². The number of unbranched alkanes of at least 4 members (excludes halogenated alkanes) is 2. The van der Waals surface area contributed by atoms with Gasteiger partial charge in [-0.15, -0.1) is 0 Å². The van der Waals surface area contributed by atoms with Gasteiger partial charge in [-0.2, -0.15) is 0 Å². The zero-order chi connectivity index (χ0) is 17.6. The van der Waals surface area contributed by atoms with E-state index >= 15 is 0 Å². The molecule has 0 saturated heterocycles. The number of aryl methyl sites for hydroxylation is 1. The molecule has 0 aromatic heterocycles. The molecule has 0 heterocycles. The molecule has 0 atom stereocenters. The Kier molecular flexibility index (Phi) is 5.80. The maximum atomic E-state index is 6.25. The molecule has 0 fully saturated rings. The molecule has 0 spiro atoms. The average Bonchev–Trinajstić information content (AvgIpc) is 2.63. The second-order valence-electron chi connectivity index (χ2n) is 6.66. The highest BCUT2D eigenvalue weighted by Gasteiger charge is 2.16. The van der Waals surface area contributed by atoms with Gasteiger partial charge < -0.3 is 9.47 Å². The monoisotopic (exact) mass is 336 g/mol. The van der Waals surface area contributed by atoms with E-state index in [9.17, 15) is 0 Å². The molecular weight excluding hydrogens is 308 g/mol. The highest BCUT2D eigenvalue weighted by Crippen LogP contribution is 2.43. The van der Waals surface area contributed by atoms with Gasteiger partial charge in [0.15, 0.2) is 0 Å². The van der Waals surface area contributed by atoms with Crippen molar-refractivity contribution >= 4 is 21.5 Å². The molecule has 0 unspecified atom stereocenters. The summed E-state index contributed by atoms with van der Waals surface area (Å²) in [6.07, 6.45) is 4.40. The highest BCUT2D eigenvalue weighted by molar-refractivity contribution is 6.11. The van der Waals surface area contributed by atoms with Gasteiger partial charge in [0.1, 0.15) is 11.5 Å². The topological polar surface area (TPSA) is 18.5 Å². The highest BCUT2D eigenvalue weighted by atomic mass is 16.5. The number of hydrogen-bond acceptors (Lipinski definition) is 2. The fraction of sp³-hybridized carbons (Fsp3) is 0.391. The number of fused-ring (bicyclic) bond motifs is 2. The molecule has 0 aliphatic carbocycles. The zero-order valence-corrected chi connectivity index (χ0v) is 15.6. The van der Waals surface area contributed by atoms with Crippen molar-refractivity contribution in [1.29, 1.82) is 0 Å². The Balaban J connectivity index is 2.21. The summed E-state index contributed by atoms with van der Waals surface area (Å²) in [5.74, 6) is 1.98. The van der Waals surface area contributed by atoms with Gasteiger partial charge in [0.2, 0.25) is 0 Å². The number of hydrogen-bond donors (Lipinski definition) is 0. The molecule has 0 aliphatic heterocycles. The smallest absolute Gasteiger partial charge is 0.135 e. The molecule has 3 rings (SSSR count). The van der Waals surface area contributed by atoms with Crippen molar-refractivity contribution in [3.05, 3.63) is 48.0 Å². The first-order valence-corrected chi connectivity index (χ1v) is 9.47. The van der Waals surface area contributed by atoms with Crippen LogP contribution in [-0.2, 0) is 0 Å². The average molecular weight is 336 g/mol. The van der Waals surface area contributed by atoms with E-state index in [-0.39, 0.29) is 0 Å². The quantitative estimate of drug-likeness (QED) is 0.338. The van der Waals surface area contributed by atoms with Crippen LogP contribution in [0.15, 0.2) is 42.5 Å². The third kappa shape index (κ3) is 3.73. The Morgan fingerprint density at radius 3 is 1.76 bits per heavy atom. The van der Waals surface area contributed by atoms with E-state index < -0.39 is 0 Å². The van der Waals surface area contributed by atoms with Gasteiger partial charge >= 0.3 is 0 Å². The predicted molar refractivity (Wildman–Crippen MR) is 107 cm³/mol. The van der Waals surface area contributed by atoms with Gasteiger partial charge in [0.25, 0.3) is 0 Å². The first kappa shape index (κ1) is 17.6. The van der Waals surface area contributed by atoms with Crippen molar-refractivity contribution in [3.8, 4) is 11.5 Å². The van der Waals surface area contributed by atoms with Crippen LogP contribution in [0.5, 0.6) is 11.5 Å². The summed E-state index contributed by atoms with van der Waals surface area (Å²) < 4.78 is 12.5. The Labute approximate surface area is 150 Å². The third-order valence-electron chi connectivity index (χ3n) is 4.57. The minimum Gasteiger partial charge on any atom is -0.492 e.